The molecule has 2 aromatic rings. The van der Waals surface area contributed by atoms with Crippen molar-refractivity contribution in [1.29, 1.82) is 0 Å². The Hall–Kier alpha value is -2.07. The maximum absolute atomic E-state index is 11.6. The lowest BCUT2D eigenvalue weighted by Crippen LogP contribution is -2.33. The van der Waals surface area contributed by atoms with E-state index in [1.54, 1.807) is 0 Å². The fourth-order valence-electron chi connectivity index (χ4n) is 3.46. The van der Waals surface area contributed by atoms with Gasteiger partial charge in [0.2, 0.25) is 5.43 Å². The molecule has 0 spiro atoms. The minimum Gasteiger partial charge on any atom is -0.502 e. The van der Waals surface area contributed by atoms with Gasteiger partial charge >= 0.3 is 0 Å². The predicted octanol–water partition coefficient (Wildman–Crippen LogP) is 2.78. The van der Waals surface area contributed by atoms with Crippen LogP contribution in [0.25, 0.3) is 0 Å². The Morgan fingerprint density at radius 1 is 1.38 bits per heavy atom. The Balaban J connectivity index is 1.66. The van der Waals surface area contributed by atoms with E-state index in [0.29, 0.717) is 17.7 Å². The summed E-state index contributed by atoms with van der Waals surface area (Å²) in [5, 5.41) is 9.31. The van der Waals surface area contributed by atoms with Crippen LogP contribution < -0.4 is 5.43 Å². The third-order valence-electron chi connectivity index (χ3n) is 4.73. The molecule has 1 saturated carbocycles. The van der Waals surface area contributed by atoms with E-state index in [2.05, 4.69) is 36.1 Å². The van der Waals surface area contributed by atoms with Gasteiger partial charge in [-0.1, -0.05) is 24.3 Å². The molecular formula is C17H17NO3. The molecule has 1 aliphatic heterocycles. The third-order valence-corrected chi connectivity index (χ3v) is 4.73. The maximum atomic E-state index is 11.6. The quantitative estimate of drug-likeness (QED) is 0.920. The number of nitrogens with zero attached hydrogens (tertiary/aromatic N) is 1. The number of hydrogen-bond donors (Lipinski definition) is 1. The van der Waals surface area contributed by atoms with Gasteiger partial charge in [-0.2, -0.15) is 0 Å². The zero-order chi connectivity index (χ0) is 14.6. The van der Waals surface area contributed by atoms with E-state index in [9.17, 15) is 9.90 Å². The Kier molecular flexibility index (Phi) is 2.69. The minimum absolute atomic E-state index is 0.0293. The molecule has 4 nitrogen and oxygen atoms in total. The zero-order valence-corrected chi connectivity index (χ0v) is 11.8. The second-order valence-corrected chi connectivity index (χ2v) is 5.99. The first-order valence-corrected chi connectivity index (χ1v) is 7.30. The van der Waals surface area contributed by atoms with Crippen LogP contribution >= 0.6 is 0 Å². The summed E-state index contributed by atoms with van der Waals surface area (Å²) in [4.78, 5) is 14.0. The summed E-state index contributed by atoms with van der Waals surface area (Å²) in [6, 6.07) is 10.5. The van der Waals surface area contributed by atoms with Crippen molar-refractivity contribution in [2.24, 2.45) is 0 Å². The van der Waals surface area contributed by atoms with Gasteiger partial charge in [0.1, 0.15) is 12.0 Å². The number of rotatable bonds is 2. The number of benzene rings is 1. The molecule has 2 aliphatic rings. The van der Waals surface area contributed by atoms with Crippen LogP contribution in [-0.2, 0) is 6.54 Å². The predicted molar refractivity (Wildman–Crippen MR) is 78.2 cm³/mol. The van der Waals surface area contributed by atoms with Gasteiger partial charge in [-0.15, -0.1) is 0 Å². The van der Waals surface area contributed by atoms with Crippen molar-refractivity contribution in [3.8, 4) is 5.75 Å². The van der Waals surface area contributed by atoms with Crippen molar-refractivity contribution >= 4 is 0 Å². The van der Waals surface area contributed by atoms with Crippen molar-refractivity contribution in [2.75, 3.05) is 0 Å². The van der Waals surface area contributed by atoms with Gasteiger partial charge in [0.15, 0.2) is 5.75 Å². The number of fused-ring (bicyclic) bond motifs is 3. The van der Waals surface area contributed by atoms with Gasteiger partial charge in [0.25, 0.3) is 0 Å². The van der Waals surface area contributed by atoms with Crippen molar-refractivity contribution in [1.82, 2.24) is 4.90 Å². The van der Waals surface area contributed by atoms with E-state index in [1.165, 1.54) is 23.6 Å². The lowest BCUT2D eigenvalue weighted by Gasteiger charge is -2.33. The fourth-order valence-corrected chi connectivity index (χ4v) is 3.46. The first-order chi connectivity index (χ1) is 10.1. The third kappa shape index (κ3) is 1.98. The molecule has 4 heteroatoms. The molecular weight excluding hydrogens is 266 g/mol. The van der Waals surface area contributed by atoms with Crippen LogP contribution in [0.4, 0.5) is 0 Å². The summed E-state index contributed by atoms with van der Waals surface area (Å²) in [6.45, 7) is 2.93. The maximum Gasteiger partial charge on any atom is 0.226 e. The van der Waals surface area contributed by atoms with Crippen LogP contribution in [0.3, 0.4) is 0 Å². The Labute approximate surface area is 122 Å². The van der Waals surface area contributed by atoms with E-state index in [0.717, 1.165) is 12.8 Å². The number of hydrogen-bond acceptors (Lipinski definition) is 4. The van der Waals surface area contributed by atoms with Crippen molar-refractivity contribution < 1.29 is 9.52 Å². The zero-order valence-electron chi connectivity index (χ0n) is 11.8. The van der Waals surface area contributed by atoms with Gasteiger partial charge in [0.05, 0.1) is 6.04 Å². The topological polar surface area (TPSA) is 53.7 Å². The van der Waals surface area contributed by atoms with Crippen LogP contribution in [0, 0.1) is 0 Å². The second-order valence-electron chi connectivity index (χ2n) is 5.99. The Morgan fingerprint density at radius 2 is 2.19 bits per heavy atom. The summed E-state index contributed by atoms with van der Waals surface area (Å²) >= 11 is 0. The Bertz CT molecular complexity index is 752. The van der Waals surface area contributed by atoms with Crippen LogP contribution in [0.2, 0.25) is 0 Å². The molecule has 0 saturated heterocycles. The fraction of sp³-hybridized carbons (Fsp3) is 0.353. The average molecular weight is 283 g/mol. The van der Waals surface area contributed by atoms with Crippen molar-refractivity contribution in [3.63, 3.8) is 0 Å². The molecule has 2 heterocycles. The van der Waals surface area contributed by atoms with E-state index in [4.69, 9.17) is 4.42 Å². The molecule has 0 bridgehead atoms. The van der Waals surface area contributed by atoms with Crippen LogP contribution in [-0.4, -0.2) is 16.0 Å². The first-order valence-electron chi connectivity index (χ1n) is 7.30. The van der Waals surface area contributed by atoms with Crippen LogP contribution in [0.1, 0.15) is 42.2 Å². The summed E-state index contributed by atoms with van der Waals surface area (Å²) in [6.07, 6.45) is 2.31. The van der Waals surface area contributed by atoms with E-state index >= 15 is 0 Å². The molecule has 0 amide bonds. The van der Waals surface area contributed by atoms with Gasteiger partial charge in [-0.3, -0.25) is 9.69 Å². The lowest BCUT2D eigenvalue weighted by molar-refractivity contribution is 0.156. The molecule has 3 unspecified atom stereocenters. The van der Waals surface area contributed by atoms with Crippen molar-refractivity contribution in [3.05, 3.63) is 63.7 Å². The molecule has 1 N–H and O–H groups in total. The Morgan fingerprint density at radius 3 is 3.00 bits per heavy atom. The van der Waals surface area contributed by atoms with Crippen LogP contribution in [0.15, 0.2) is 45.8 Å². The van der Waals surface area contributed by atoms with E-state index < -0.39 is 0 Å². The normalized spacial score (nSPS) is 25.0. The average Bonchev–Trinajstić information content (AvgIpc) is 3.29. The SMILES string of the molecule is CC(c1cc(=O)c(O)co1)N1Cc2ccccc2C2CC21. The standard InChI is InChI=1S/C17H17NO3/c1-10(17-7-15(19)16(20)9-21-17)18-8-11-4-2-3-5-12(11)13-6-14(13)18/h2-5,7,9-10,13-14,20H,6,8H2,1H3. The van der Waals surface area contributed by atoms with Gasteiger partial charge in [-0.25, -0.2) is 0 Å². The van der Waals surface area contributed by atoms with Crippen LogP contribution in [0.5, 0.6) is 5.75 Å². The first kappa shape index (κ1) is 12.7. The van der Waals surface area contributed by atoms with E-state index in [-0.39, 0.29) is 17.2 Å². The monoisotopic (exact) mass is 283 g/mol. The highest BCUT2D eigenvalue weighted by atomic mass is 16.4. The highest BCUT2D eigenvalue weighted by Crippen LogP contribution is 2.52. The second kappa shape index (κ2) is 4.46. The largest absolute Gasteiger partial charge is 0.502 e. The molecule has 1 aliphatic carbocycles. The van der Waals surface area contributed by atoms with E-state index in [1.807, 2.05) is 0 Å². The van der Waals surface area contributed by atoms with Gasteiger partial charge < -0.3 is 9.52 Å². The molecule has 108 valence electrons. The molecule has 21 heavy (non-hydrogen) atoms. The summed E-state index contributed by atoms with van der Waals surface area (Å²) in [5.41, 5.74) is 2.45. The lowest BCUT2D eigenvalue weighted by atomic mass is 9.98. The smallest absolute Gasteiger partial charge is 0.226 e. The summed E-state index contributed by atoms with van der Waals surface area (Å²) in [5.74, 6) is 0.892. The molecule has 0 radical (unpaired) electrons. The minimum atomic E-state index is -0.382. The molecule has 1 aromatic heterocycles. The number of aromatic hydroxyl groups is 1. The molecule has 1 aromatic carbocycles. The summed E-state index contributed by atoms with van der Waals surface area (Å²) < 4.78 is 5.42. The summed E-state index contributed by atoms with van der Waals surface area (Å²) in [7, 11) is 0. The highest BCUT2D eigenvalue weighted by Gasteiger charge is 2.48. The van der Waals surface area contributed by atoms with Crippen molar-refractivity contribution in [2.45, 2.75) is 37.9 Å². The van der Waals surface area contributed by atoms with Gasteiger partial charge in [0, 0.05) is 24.6 Å². The highest BCUT2D eigenvalue weighted by molar-refractivity contribution is 5.39. The molecule has 1 fully saturated rings. The molecule has 3 atom stereocenters. The van der Waals surface area contributed by atoms with Gasteiger partial charge in [-0.05, 0) is 24.5 Å². The molecule has 4 rings (SSSR count).